The van der Waals surface area contributed by atoms with Crippen LogP contribution in [-0.4, -0.2) is 93.8 Å². The molecule has 1 N–H and O–H groups in total. The van der Waals surface area contributed by atoms with Gasteiger partial charge in [0.1, 0.15) is 17.8 Å². The van der Waals surface area contributed by atoms with Crippen LogP contribution in [0.1, 0.15) is 106 Å². The van der Waals surface area contributed by atoms with Crippen LogP contribution in [0.2, 0.25) is 36.3 Å². The van der Waals surface area contributed by atoms with Gasteiger partial charge in [-0.2, -0.15) is 0 Å². The van der Waals surface area contributed by atoms with Crippen LogP contribution < -0.4 is 0 Å². The van der Waals surface area contributed by atoms with Crippen LogP contribution in [0.3, 0.4) is 0 Å². The number of Topliss-reactive ketones (excluding diaryl/α,β-unsaturated/α-hetero) is 1. The summed E-state index contributed by atoms with van der Waals surface area (Å²) in [6.07, 6.45) is -5.07. The molecule has 13 heteroatoms. The van der Waals surface area contributed by atoms with Crippen molar-refractivity contribution < 1.29 is 52.1 Å². The highest BCUT2D eigenvalue weighted by molar-refractivity contribution is 6.74. The summed E-state index contributed by atoms with van der Waals surface area (Å²) in [6.45, 7) is 26.6. The third kappa shape index (κ3) is 6.99. The van der Waals surface area contributed by atoms with E-state index in [1.54, 1.807) is 51.1 Å². The number of fused-ring (bicyclic) bond motifs is 5. The van der Waals surface area contributed by atoms with E-state index in [2.05, 4.69) is 54.6 Å². The molecule has 1 aromatic carbocycles. The first kappa shape index (κ1) is 44.4. The molecule has 312 valence electrons. The summed E-state index contributed by atoms with van der Waals surface area (Å²) in [4.78, 5) is 57.1. The number of carbonyl (C=O) groups is 4. The van der Waals surface area contributed by atoms with Crippen LogP contribution >= 0.6 is 0 Å². The summed E-state index contributed by atoms with van der Waals surface area (Å²) in [7, 11) is -5.07. The molecule has 5 rings (SSSR count). The Bertz CT molecular complexity index is 1720. The van der Waals surface area contributed by atoms with Gasteiger partial charge in [0.15, 0.2) is 34.1 Å². The maximum Gasteiger partial charge on any atom is 0.338 e. The van der Waals surface area contributed by atoms with Gasteiger partial charge in [0.05, 0.1) is 35.7 Å². The zero-order chi connectivity index (χ0) is 42.0. The zero-order valence-electron chi connectivity index (χ0n) is 36.1. The molecule has 0 amide bonds. The van der Waals surface area contributed by atoms with Crippen molar-refractivity contribution in [1.82, 2.24) is 0 Å². The molecule has 2 saturated carbocycles. The lowest BCUT2D eigenvalue weighted by atomic mass is 9.44. The van der Waals surface area contributed by atoms with E-state index >= 15 is 4.79 Å². The highest BCUT2D eigenvalue weighted by atomic mass is 28.4. The summed E-state index contributed by atoms with van der Waals surface area (Å²) in [5, 5.41) is 13.7. The van der Waals surface area contributed by atoms with Gasteiger partial charge in [-0.1, -0.05) is 73.6 Å². The molecule has 1 heterocycles. The second-order valence-corrected chi connectivity index (χ2v) is 28.4. The molecule has 1 aromatic rings. The molecule has 2 bridgehead atoms. The van der Waals surface area contributed by atoms with Crippen molar-refractivity contribution in [2.75, 3.05) is 6.61 Å². The quantitative estimate of drug-likeness (QED) is 0.102. The summed E-state index contributed by atoms with van der Waals surface area (Å²) in [5.41, 5.74) is -5.14. The number of ether oxygens (including phenoxy) is 4. The lowest BCUT2D eigenvalue weighted by Crippen LogP contribution is -2.82. The third-order valence-corrected chi connectivity index (χ3v) is 23.9. The molecular formula is C43H66O11Si2. The molecule has 9 atom stereocenters. The lowest BCUT2D eigenvalue weighted by molar-refractivity contribution is -0.344. The Labute approximate surface area is 335 Å². The largest absolute Gasteiger partial charge is 0.455 e. The van der Waals surface area contributed by atoms with Gasteiger partial charge in [0.25, 0.3) is 0 Å². The fourth-order valence-corrected chi connectivity index (χ4v) is 14.3. The number of benzene rings is 1. The van der Waals surface area contributed by atoms with Crippen LogP contribution in [0.25, 0.3) is 0 Å². The molecule has 4 aliphatic rings. The SMILES string of the molecule is CC[Si](CC)(CC)O[C@H]1C[C@H]2OC[C@@]2(OC(C)=O)[C@H]2[C@H](OC(=O)c3ccccc3)[C@]3(O)C[C@H](O[Si](C)(C)C(C)(C)C)C(C)=C([C@@H](OC(C)=O)C(=O)[C@]12C)C3(C)C. The number of hydrogen-bond acceptors (Lipinski definition) is 11. The fraction of sp³-hybridized carbons (Fsp3) is 0.721. The Kier molecular flexibility index (Phi) is 12.0. The van der Waals surface area contributed by atoms with Gasteiger partial charge < -0.3 is 32.9 Å². The molecule has 0 spiro atoms. The second kappa shape index (κ2) is 15.2. The van der Waals surface area contributed by atoms with E-state index in [-0.39, 0.29) is 30.1 Å². The van der Waals surface area contributed by atoms with Crippen LogP contribution in [0.15, 0.2) is 41.5 Å². The Hall–Kier alpha value is -2.69. The van der Waals surface area contributed by atoms with Crippen LogP contribution in [0.4, 0.5) is 0 Å². The summed E-state index contributed by atoms with van der Waals surface area (Å²) < 4.78 is 40.0. The smallest absolute Gasteiger partial charge is 0.338 e. The molecule has 1 saturated heterocycles. The molecule has 11 nitrogen and oxygen atoms in total. The van der Waals surface area contributed by atoms with Gasteiger partial charge in [0, 0.05) is 32.1 Å². The van der Waals surface area contributed by atoms with Crippen molar-refractivity contribution in [3.63, 3.8) is 0 Å². The second-order valence-electron chi connectivity index (χ2n) is 19.0. The standard InChI is InChI=1S/C43H66O11Si2/c1-15-56(16-2,17-3)54-31-23-32-42(25-49-32,52-28(6)45)35-37(51-38(47)29-21-19-18-20-22-29)43(48)24-30(53-55(13,14)39(7,8)9)26(4)33(40(43,10)11)34(50-27(5)44)36(46)41(31,35)12/h18-22,30-32,34-35,37,48H,15-17,23-25H2,1-14H3/t30-,31-,32+,34+,35-,37-,41+,42-,43+/m0/s1. The van der Waals surface area contributed by atoms with Crippen molar-refractivity contribution in [3.8, 4) is 0 Å². The number of esters is 3. The number of aliphatic hydroxyl groups is 1. The number of hydrogen-bond donors (Lipinski definition) is 1. The van der Waals surface area contributed by atoms with Gasteiger partial charge in [-0.3, -0.25) is 14.4 Å². The van der Waals surface area contributed by atoms with E-state index in [0.717, 1.165) is 18.1 Å². The minimum Gasteiger partial charge on any atom is -0.455 e. The number of ketones is 1. The monoisotopic (exact) mass is 814 g/mol. The first-order valence-corrected chi connectivity index (χ1v) is 25.8. The number of rotatable bonds is 11. The third-order valence-electron chi connectivity index (χ3n) is 14.7. The minimum absolute atomic E-state index is 0.0209. The molecule has 0 unspecified atom stereocenters. The lowest BCUT2D eigenvalue weighted by Gasteiger charge is -2.68. The summed E-state index contributed by atoms with van der Waals surface area (Å²) >= 11 is 0. The van der Waals surface area contributed by atoms with Crippen molar-refractivity contribution in [3.05, 3.63) is 47.0 Å². The molecule has 1 aliphatic heterocycles. The van der Waals surface area contributed by atoms with Gasteiger partial charge in [-0.25, -0.2) is 4.79 Å². The van der Waals surface area contributed by atoms with Gasteiger partial charge >= 0.3 is 17.9 Å². The van der Waals surface area contributed by atoms with Gasteiger partial charge in [-0.15, -0.1) is 0 Å². The maximum absolute atomic E-state index is 16.1. The van der Waals surface area contributed by atoms with Crippen LogP contribution in [-0.2, 0) is 42.2 Å². The summed E-state index contributed by atoms with van der Waals surface area (Å²) in [6, 6.07) is 10.8. The van der Waals surface area contributed by atoms with Gasteiger partial charge in [0.2, 0.25) is 0 Å². The van der Waals surface area contributed by atoms with Crippen molar-refractivity contribution in [2.24, 2.45) is 16.7 Å². The van der Waals surface area contributed by atoms with Gasteiger partial charge in [-0.05, 0) is 73.4 Å². The normalized spacial score (nSPS) is 34.2. The molecule has 3 aliphatic carbocycles. The minimum atomic E-state index is -2.57. The predicted molar refractivity (Wildman–Crippen MR) is 217 cm³/mol. The first-order valence-electron chi connectivity index (χ1n) is 20.4. The topological polar surface area (TPSA) is 144 Å². The average molecular weight is 815 g/mol. The van der Waals surface area contributed by atoms with E-state index in [1.807, 2.05) is 6.92 Å². The van der Waals surface area contributed by atoms with E-state index < -0.39 is 98.8 Å². The van der Waals surface area contributed by atoms with Crippen molar-refractivity contribution >= 4 is 40.3 Å². The Morgan fingerprint density at radius 1 is 0.929 bits per heavy atom. The van der Waals surface area contributed by atoms with Crippen molar-refractivity contribution in [1.29, 1.82) is 0 Å². The Morgan fingerprint density at radius 3 is 2.00 bits per heavy atom. The Balaban J connectivity index is 1.92. The predicted octanol–water partition coefficient (Wildman–Crippen LogP) is 7.71. The molecule has 0 radical (unpaired) electrons. The average Bonchev–Trinajstić information content (AvgIpc) is 3.10. The number of carbonyl (C=O) groups excluding carboxylic acids is 4. The summed E-state index contributed by atoms with van der Waals surface area (Å²) in [5.74, 6) is -3.66. The van der Waals surface area contributed by atoms with E-state index in [0.29, 0.717) is 11.1 Å². The maximum atomic E-state index is 16.1. The highest BCUT2D eigenvalue weighted by Crippen LogP contribution is 2.65. The Morgan fingerprint density at radius 2 is 1.52 bits per heavy atom. The zero-order valence-corrected chi connectivity index (χ0v) is 38.1. The molecule has 56 heavy (non-hydrogen) atoms. The highest BCUT2D eigenvalue weighted by Gasteiger charge is 2.79. The van der Waals surface area contributed by atoms with Crippen LogP contribution in [0, 0.1) is 16.7 Å². The van der Waals surface area contributed by atoms with E-state index in [9.17, 15) is 19.5 Å². The first-order chi connectivity index (χ1) is 25.8. The molecule has 3 fully saturated rings. The van der Waals surface area contributed by atoms with Crippen molar-refractivity contribution in [2.45, 2.75) is 174 Å². The van der Waals surface area contributed by atoms with E-state index in [4.69, 9.17) is 27.8 Å². The van der Waals surface area contributed by atoms with E-state index in [1.165, 1.54) is 13.8 Å². The van der Waals surface area contributed by atoms with Crippen LogP contribution in [0.5, 0.6) is 0 Å². The molecule has 0 aromatic heterocycles. The molecular weight excluding hydrogens is 749 g/mol. The fourth-order valence-electron chi connectivity index (χ4n) is 10.0.